The van der Waals surface area contributed by atoms with Gasteiger partial charge in [0.25, 0.3) is 0 Å². The first-order valence-corrected chi connectivity index (χ1v) is 7.60. The molecular formula is C13H12Br2ClN3. The van der Waals surface area contributed by atoms with Gasteiger partial charge in [-0.15, -0.1) is 0 Å². The molecule has 2 rings (SSSR count). The van der Waals surface area contributed by atoms with E-state index in [1.165, 1.54) is 0 Å². The number of pyridine rings is 1. The molecule has 0 radical (unpaired) electrons. The van der Waals surface area contributed by atoms with Gasteiger partial charge < -0.3 is 0 Å². The van der Waals surface area contributed by atoms with Crippen molar-refractivity contribution >= 4 is 43.5 Å². The molecule has 3 nitrogen and oxygen atoms in total. The average Bonchev–Trinajstić information content (AvgIpc) is 2.26. The van der Waals surface area contributed by atoms with E-state index in [2.05, 4.69) is 67.6 Å². The van der Waals surface area contributed by atoms with E-state index in [0.717, 1.165) is 14.6 Å². The second kappa shape index (κ2) is 5.46. The molecule has 0 aliphatic heterocycles. The molecule has 0 aliphatic rings. The van der Waals surface area contributed by atoms with Crippen molar-refractivity contribution in [2.45, 2.75) is 26.2 Å². The maximum Gasteiger partial charge on any atom is 0.181 e. The molecule has 2 aromatic rings. The zero-order valence-electron chi connectivity index (χ0n) is 10.7. The van der Waals surface area contributed by atoms with Crippen LogP contribution in [0.15, 0.2) is 27.3 Å². The molecule has 0 bridgehead atoms. The first-order chi connectivity index (χ1) is 8.77. The van der Waals surface area contributed by atoms with Gasteiger partial charge in [0.15, 0.2) is 5.82 Å². The molecule has 0 fully saturated rings. The first-order valence-electron chi connectivity index (χ1n) is 5.64. The van der Waals surface area contributed by atoms with E-state index in [1.54, 1.807) is 12.3 Å². The Morgan fingerprint density at radius 2 is 1.79 bits per heavy atom. The highest BCUT2D eigenvalue weighted by Gasteiger charge is 2.19. The van der Waals surface area contributed by atoms with Crippen LogP contribution in [0, 0.1) is 0 Å². The third-order valence-electron chi connectivity index (χ3n) is 2.48. The van der Waals surface area contributed by atoms with Crippen LogP contribution in [0.1, 0.15) is 26.5 Å². The van der Waals surface area contributed by atoms with Gasteiger partial charge in [0, 0.05) is 20.6 Å². The number of aromatic nitrogens is 3. The minimum atomic E-state index is -0.0941. The SMILES string of the molecule is CC(C)(C)c1cc(Cl)nc(-c2ncc(Br)cc2Br)n1. The van der Waals surface area contributed by atoms with Crippen molar-refractivity contribution in [3.05, 3.63) is 38.1 Å². The van der Waals surface area contributed by atoms with Crippen molar-refractivity contribution in [1.29, 1.82) is 0 Å². The highest BCUT2D eigenvalue weighted by Crippen LogP contribution is 2.29. The van der Waals surface area contributed by atoms with Crippen molar-refractivity contribution in [3.8, 4) is 11.5 Å². The lowest BCUT2D eigenvalue weighted by molar-refractivity contribution is 0.567. The van der Waals surface area contributed by atoms with Gasteiger partial charge >= 0.3 is 0 Å². The fourth-order valence-corrected chi connectivity index (χ4v) is 2.84. The van der Waals surface area contributed by atoms with Crippen LogP contribution in [0.25, 0.3) is 11.5 Å². The summed E-state index contributed by atoms with van der Waals surface area (Å²) in [6, 6.07) is 3.70. The molecule has 0 atom stereocenters. The van der Waals surface area contributed by atoms with E-state index in [4.69, 9.17) is 11.6 Å². The molecule has 0 amide bonds. The lowest BCUT2D eigenvalue weighted by Crippen LogP contribution is -2.14. The maximum absolute atomic E-state index is 6.09. The Bertz CT molecular complexity index is 624. The quantitative estimate of drug-likeness (QED) is 0.626. The zero-order valence-corrected chi connectivity index (χ0v) is 14.6. The van der Waals surface area contributed by atoms with E-state index < -0.39 is 0 Å². The molecule has 2 aromatic heterocycles. The lowest BCUT2D eigenvalue weighted by Gasteiger charge is -2.18. The molecule has 0 aromatic carbocycles. The van der Waals surface area contributed by atoms with Crippen molar-refractivity contribution in [1.82, 2.24) is 15.0 Å². The fourth-order valence-electron chi connectivity index (χ4n) is 1.49. The largest absolute Gasteiger partial charge is 0.251 e. The van der Waals surface area contributed by atoms with E-state index in [9.17, 15) is 0 Å². The molecule has 2 heterocycles. The lowest BCUT2D eigenvalue weighted by atomic mass is 9.92. The normalized spacial score (nSPS) is 11.7. The molecule has 6 heteroatoms. The van der Waals surface area contributed by atoms with Crippen LogP contribution < -0.4 is 0 Å². The molecule has 0 saturated heterocycles. The summed E-state index contributed by atoms with van der Waals surface area (Å²) in [5.74, 6) is 0.525. The number of hydrogen-bond acceptors (Lipinski definition) is 3. The summed E-state index contributed by atoms with van der Waals surface area (Å²) >= 11 is 12.9. The predicted molar refractivity (Wildman–Crippen MR) is 84.4 cm³/mol. The zero-order chi connectivity index (χ0) is 14.2. The minimum absolute atomic E-state index is 0.0941. The number of halogens is 3. The fraction of sp³-hybridized carbons (Fsp3) is 0.308. The molecular weight excluding hydrogens is 393 g/mol. The highest BCUT2D eigenvalue weighted by atomic mass is 79.9. The predicted octanol–water partition coefficient (Wildman–Crippen LogP) is 5.01. The molecule has 0 unspecified atom stereocenters. The number of hydrogen-bond donors (Lipinski definition) is 0. The standard InChI is InChI=1S/C13H12Br2ClN3/c1-13(2,3)9-5-10(16)19-12(18-9)11-8(15)4-7(14)6-17-11/h4-6H,1-3H3. The van der Waals surface area contributed by atoms with Crippen molar-refractivity contribution in [3.63, 3.8) is 0 Å². The molecule has 19 heavy (non-hydrogen) atoms. The molecule has 0 saturated carbocycles. The van der Waals surface area contributed by atoms with E-state index in [1.807, 2.05) is 6.07 Å². The molecule has 0 N–H and O–H groups in total. The second-order valence-electron chi connectivity index (χ2n) is 5.13. The Labute approximate surface area is 134 Å². The van der Waals surface area contributed by atoms with Crippen molar-refractivity contribution in [2.75, 3.05) is 0 Å². The van der Waals surface area contributed by atoms with Crippen molar-refractivity contribution < 1.29 is 0 Å². The molecule has 100 valence electrons. The van der Waals surface area contributed by atoms with Gasteiger partial charge in [0.2, 0.25) is 0 Å². The Morgan fingerprint density at radius 3 is 2.37 bits per heavy atom. The van der Waals surface area contributed by atoms with Gasteiger partial charge in [-0.05, 0) is 44.0 Å². The van der Waals surface area contributed by atoms with Crippen LogP contribution in [0.4, 0.5) is 0 Å². The summed E-state index contributed by atoms with van der Waals surface area (Å²) < 4.78 is 1.71. The minimum Gasteiger partial charge on any atom is -0.251 e. The Morgan fingerprint density at radius 1 is 1.11 bits per heavy atom. The van der Waals surface area contributed by atoms with Gasteiger partial charge in [0.1, 0.15) is 10.8 Å². The molecule has 0 spiro atoms. The summed E-state index contributed by atoms with van der Waals surface area (Å²) in [5.41, 5.74) is 1.47. The summed E-state index contributed by atoms with van der Waals surface area (Å²) in [6.45, 7) is 6.25. The van der Waals surface area contributed by atoms with Crippen LogP contribution in [0.3, 0.4) is 0 Å². The Kier molecular flexibility index (Phi) is 4.28. The average molecular weight is 406 g/mol. The van der Waals surface area contributed by atoms with Crippen molar-refractivity contribution in [2.24, 2.45) is 0 Å². The van der Waals surface area contributed by atoms with Crippen LogP contribution in [-0.2, 0) is 5.41 Å². The van der Waals surface area contributed by atoms with Gasteiger partial charge in [0.05, 0.1) is 5.69 Å². The third kappa shape index (κ3) is 3.52. The third-order valence-corrected chi connectivity index (χ3v) is 3.71. The maximum atomic E-state index is 6.09. The van der Waals surface area contributed by atoms with Crippen LogP contribution >= 0.6 is 43.5 Å². The summed E-state index contributed by atoms with van der Waals surface area (Å²) in [4.78, 5) is 13.2. The van der Waals surface area contributed by atoms with Gasteiger partial charge in [-0.3, -0.25) is 4.98 Å². The summed E-state index contributed by atoms with van der Waals surface area (Å²) in [5, 5.41) is 0.423. The summed E-state index contributed by atoms with van der Waals surface area (Å²) in [6.07, 6.45) is 1.71. The van der Waals surface area contributed by atoms with Crippen LogP contribution in [0.5, 0.6) is 0 Å². The smallest absolute Gasteiger partial charge is 0.181 e. The summed E-state index contributed by atoms with van der Waals surface area (Å²) in [7, 11) is 0. The van der Waals surface area contributed by atoms with E-state index >= 15 is 0 Å². The number of rotatable bonds is 1. The van der Waals surface area contributed by atoms with E-state index in [-0.39, 0.29) is 5.41 Å². The van der Waals surface area contributed by atoms with Crippen LogP contribution in [0.2, 0.25) is 5.15 Å². The van der Waals surface area contributed by atoms with E-state index in [0.29, 0.717) is 16.7 Å². The number of nitrogens with zero attached hydrogens (tertiary/aromatic N) is 3. The first kappa shape index (κ1) is 14.9. The second-order valence-corrected chi connectivity index (χ2v) is 7.29. The topological polar surface area (TPSA) is 38.7 Å². The van der Waals surface area contributed by atoms with Gasteiger partial charge in [-0.2, -0.15) is 0 Å². The Hall–Kier alpha value is -0.520. The van der Waals surface area contributed by atoms with Crippen LogP contribution in [-0.4, -0.2) is 15.0 Å². The molecule has 0 aliphatic carbocycles. The Balaban J connectivity index is 2.59. The van der Waals surface area contributed by atoms with Gasteiger partial charge in [-0.25, -0.2) is 9.97 Å². The highest BCUT2D eigenvalue weighted by molar-refractivity contribution is 9.11. The monoisotopic (exact) mass is 403 g/mol. The van der Waals surface area contributed by atoms with Gasteiger partial charge in [-0.1, -0.05) is 32.4 Å².